The minimum Gasteiger partial charge on any atom is -0.338 e. The summed E-state index contributed by atoms with van der Waals surface area (Å²) in [4.78, 5) is 31.0. The van der Waals surface area contributed by atoms with Gasteiger partial charge in [0.05, 0.1) is 0 Å². The van der Waals surface area contributed by atoms with Crippen LogP contribution >= 0.6 is 0 Å². The van der Waals surface area contributed by atoms with Crippen LogP contribution in [0.4, 0.5) is 4.79 Å². The standard InChI is InChI=1S/C21H28N4O2/c1-16-6-3-7-17(14-16)8-4-10-23-21(27)25-12-5-9-18(15-25)19(26)20-22-11-13-24(20)2/h3,6-7,11,13-14,18H,4-5,8-10,12,15H2,1-2H3,(H,23,27). The molecule has 6 heteroatoms. The number of nitrogens with zero attached hydrogens (tertiary/aromatic N) is 3. The third-order valence-electron chi connectivity index (χ3n) is 5.12. The Hall–Kier alpha value is -2.63. The van der Waals surface area contributed by atoms with Crippen molar-refractivity contribution in [1.29, 1.82) is 0 Å². The van der Waals surface area contributed by atoms with Gasteiger partial charge in [-0.25, -0.2) is 9.78 Å². The topological polar surface area (TPSA) is 67.2 Å². The van der Waals surface area contributed by atoms with E-state index in [1.165, 1.54) is 11.1 Å². The minimum atomic E-state index is -0.169. The monoisotopic (exact) mass is 368 g/mol. The zero-order valence-electron chi connectivity index (χ0n) is 16.1. The second-order valence-electron chi connectivity index (χ2n) is 7.34. The fourth-order valence-corrected chi connectivity index (χ4v) is 3.63. The molecule has 1 fully saturated rings. The van der Waals surface area contributed by atoms with Gasteiger partial charge in [-0.15, -0.1) is 0 Å². The lowest BCUT2D eigenvalue weighted by Crippen LogP contribution is -2.47. The zero-order chi connectivity index (χ0) is 19.2. The molecule has 2 heterocycles. The number of nitrogens with one attached hydrogen (secondary N) is 1. The van der Waals surface area contributed by atoms with Crippen LogP contribution in [0, 0.1) is 12.8 Å². The van der Waals surface area contributed by atoms with Crippen LogP contribution in [0.15, 0.2) is 36.7 Å². The second-order valence-corrected chi connectivity index (χ2v) is 7.34. The minimum absolute atomic E-state index is 0.0273. The number of imidazole rings is 1. The SMILES string of the molecule is Cc1cccc(CCCNC(=O)N2CCCC(C(=O)c3nccn3C)C2)c1. The van der Waals surface area contributed by atoms with Crippen molar-refractivity contribution in [2.45, 2.75) is 32.6 Å². The fourth-order valence-electron chi connectivity index (χ4n) is 3.63. The molecule has 3 rings (SSSR count). The Bertz CT molecular complexity index is 799. The number of likely N-dealkylation sites (tertiary alicyclic amines) is 1. The molecule has 1 atom stereocenters. The van der Waals surface area contributed by atoms with Gasteiger partial charge in [-0.3, -0.25) is 4.79 Å². The van der Waals surface area contributed by atoms with Gasteiger partial charge < -0.3 is 14.8 Å². The highest BCUT2D eigenvalue weighted by Gasteiger charge is 2.30. The van der Waals surface area contributed by atoms with Crippen LogP contribution in [0.5, 0.6) is 0 Å². The summed E-state index contributed by atoms with van der Waals surface area (Å²) in [6.07, 6.45) is 6.91. The molecule has 0 radical (unpaired) electrons. The molecule has 144 valence electrons. The van der Waals surface area contributed by atoms with Gasteiger partial charge in [-0.05, 0) is 38.2 Å². The Labute approximate surface area is 160 Å². The molecule has 1 N–H and O–H groups in total. The van der Waals surface area contributed by atoms with Crippen molar-refractivity contribution in [3.8, 4) is 0 Å². The number of aryl methyl sites for hydroxylation is 3. The van der Waals surface area contributed by atoms with Gasteiger partial charge >= 0.3 is 6.03 Å². The molecule has 6 nitrogen and oxygen atoms in total. The van der Waals surface area contributed by atoms with Crippen LogP contribution in [0.2, 0.25) is 0 Å². The molecule has 1 aliphatic heterocycles. The van der Waals surface area contributed by atoms with E-state index in [1.54, 1.807) is 21.9 Å². The quantitative estimate of drug-likeness (QED) is 0.630. The highest BCUT2D eigenvalue weighted by atomic mass is 16.2. The lowest BCUT2D eigenvalue weighted by molar-refractivity contribution is 0.0832. The maximum Gasteiger partial charge on any atom is 0.317 e. The maximum absolute atomic E-state index is 12.7. The lowest BCUT2D eigenvalue weighted by Gasteiger charge is -2.31. The molecule has 1 aromatic heterocycles. The number of benzene rings is 1. The number of carbonyl (C=O) groups excluding carboxylic acids is 2. The van der Waals surface area contributed by atoms with Crippen molar-refractivity contribution in [1.82, 2.24) is 19.8 Å². The summed E-state index contributed by atoms with van der Waals surface area (Å²) in [6.45, 7) is 3.90. The molecule has 1 aliphatic rings. The molecule has 27 heavy (non-hydrogen) atoms. The number of piperidine rings is 1. The molecule has 0 spiro atoms. The summed E-state index contributed by atoms with van der Waals surface area (Å²) in [5.74, 6) is 0.331. The van der Waals surface area contributed by atoms with E-state index in [9.17, 15) is 9.59 Å². The van der Waals surface area contributed by atoms with Crippen molar-refractivity contribution in [2.24, 2.45) is 13.0 Å². The van der Waals surface area contributed by atoms with Gasteiger partial charge in [0.15, 0.2) is 5.82 Å². The molecule has 1 unspecified atom stereocenters. The predicted molar refractivity (Wildman–Crippen MR) is 105 cm³/mol. The van der Waals surface area contributed by atoms with Crippen molar-refractivity contribution in [2.75, 3.05) is 19.6 Å². The number of hydrogen-bond acceptors (Lipinski definition) is 3. The number of urea groups is 1. The van der Waals surface area contributed by atoms with Gasteiger partial charge in [-0.1, -0.05) is 29.8 Å². The molecule has 0 aliphatic carbocycles. The third-order valence-corrected chi connectivity index (χ3v) is 5.12. The normalized spacial score (nSPS) is 17.0. The van der Waals surface area contributed by atoms with Crippen LogP contribution < -0.4 is 5.32 Å². The first kappa shape index (κ1) is 19.1. The summed E-state index contributed by atoms with van der Waals surface area (Å²) in [6, 6.07) is 8.38. The maximum atomic E-state index is 12.7. The van der Waals surface area contributed by atoms with E-state index in [1.807, 2.05) is 7.05 Å². The van der Waals surface area contributed by atoms with Crippen molar-refractivity contribution in [3.05, 3.63) is 53.6 Å². The molecule has 2 aromatic rings. The van der Waals surface area contributed by atoms with Crippen LogP contribution in [0.1, 0.15) is 41.0 Å². The summed E-state index contributed by atoms with van der Waals surface area (Å²) in [7, 11) is 1.82. The molecule has 2 amide bonds. The third kappa shape index (κ3) is 4.96. The van der Waals surface area contributed by atoms with E-state index in [2.05, 4.69) is 41.5 Å². The molecule has 0 saturated carbocycles. The van der Waals surface area contributed by atoms with Gasteiger partial charge in [0.25, 0.3) is 0 Å². The van der Waals surface area contributed by atoms with Gasteiger partial charge in [0, 0.05) is 45.0 Å². The number of hydrogen-bond donors (Lipinski definition) is 1. The predicted octanol–water partition coefficient (Wildman–Crippen LogP) is 2.97. The number of rotatable bonds is 6. The smallest absolute Gasteiger partial charge is 0.317 e. The summed E-state index contributed by atoms with van der Waals surface area (Å²) in [5, 5.41) is 3.00. The molecule has 1 aromatic carbocycles. The van der Waals surface area contributed by atoms with Crippen molar-refractivity contribution >= 4 is 11.8 Å². The number of ketones is 1. The van der Waals surface area contributed by atoms with E-state index in [-0.39, 0.29) is 17.7 Å². The average Bonchev–Trinajstić information content (AvgIpc) is 3.10. The van der Waals surface area contributed by atoms with Gasteiger partial charge in [-0.2, -0.15) is 0 Å². The van der Waals surface area contributed by atoms with E-state index < -0.39 is 0 Å². The number of Topliss-reactive ketones (excluding diaryl/α,β-unsaturated/α-hetero) is 1. The fraction of sp³-hybridized carbons (Fsp3) is 0.476. The lowest BCUT2D eigenvalue weighted by atomic mass is 9.93. The van der Waals surface area contributed by atoms with E-state index >= 15 is 0 Å². The summed E-state index contributed by atoms with van der Waals surface area (Å²) in [5.41, 5.74) is 2.55. The van der Waals surface area contributed by atoms with Crippen molar-refractivity contribution < 1.29 is 9.59 Å². The van der Waals surface area contributed by atoms with E-state index in [4.69, 9.17) is 0 Å². The Morgan fingerprint density at radius 1 is 1.33 bits per heavy atom. The number of carbonyl (C=O) groups is 2. The average molecular weight is 368 g/mol. The largest absolute Gasteiger partial charge is 0.338 e. The Morgan fingerprint density at radius 3 is 2.93 bits per heavy atom. The Balaban J connectivity index is 1.45. The first-order chi connectivity index (χ1) is 13.0. The van der Waals surface area contributed by atoms with E-state index in [0.717, 1.165) is 25.7 Å². The van der Waals surface area contributed by atoms with Crippen LogP contribution in [0.3, 0.4) is 0 Å². The summed E-state index contributed by atoms with van der Waals surface area (Å²) < 4.78 is 1.74. The molecule has 1 saturated heterocycles. The molecular weight excluding hydrogens is 340 g/mol. The highest BCUT2D eigenvalue weighted by Crippen LogP contribution is 2.20. The van der Waals surface area contributed by atoms with Gasteiger partial charge in [0.1, 0.15) is 0 Å². The zero-order valence-corrected chi connectivity index (χ0v) is 16.1. The highest BCUT2D eigenvalue weighted by molar-refractivity contribution is 5.95. The van der Waals surface area contributed by atoms with E-state index in [0.29, 0.717) is 25.5 Å². The number of aromatic nitrogens is 2. The number of amides is 2. The van der Waals surface area contributed by atoms with Crippen LogP contribution in [-0.4, -0.2) is 45.9 Å². The Morgan fingerprint density at radius 2 is 2.19 bits per heavy atom. The van der Waals surface area contributed by atoms with Crippen LogP contribution in [-0.2, 0) is 13.5 Å². The first-order valence-corrected chi connectivity index (χ1v) is 9.64. The second kappa shape index (κ2) is 8.84. The van der Waals surface area contributed by atoms with Gasteiger partial charge in [0.2, 0.25) is 5.78 Å². The van der Waals surface area contributed by atoms with Crippen molar-refractivity contribution in [3.63, 3.8) is 0 Å². The Kier molecular flexibility index (Phi) is 6.27. The molecule has 0 bridgehead atoms. The summed E-state index contributed by atoms with van der Waals surface area (Å²) >= 11 is 0. The first-order valence-electron chi connectivity index (χ1n) is 9.64. The molecular formula is C21H28N4O2. The van der Waals surface area contributed by atoms with Crippen LogP contribution in [0.25, 0.3) is 0 Å².